The molecule has 64 heavy (non-hydrogen) atoms. The lowest BCUT2D eigenvalue weighted by molar-refractivity contribution is -0.144. The van der Waals surface area contributed by atoms with Crippen LogP contribution in [0.5, 0.6) is 5.75 Å². The van der Waals surface area contributed by atoms with Crippen molar-refractivity contribution in [2.45, 2.75) is 99.9 Å². The van der Waals surface area contributed by atoms with Crippen LogP contribution in [0.3, 0.4) is 0 Å². The number of H-pyrrole nitrogens is 1. The summed E-state index contributed by atoms with van der Waals surface area (Å²) in [6.45, 7) is 1.76. The second kappa shape index (κ2) is 21.0. The second-order valence-electron chi connectivity index (χ2n) is 16.1. The molecule has 24 nitrogen and oxygen atoms in total. The van der Waals surface area contributed by atoms with Crippen molar-refractivity contribution in [3.8, 4) is 5.75 Å². The zero-order valence-electron chi connectivity index (χ0n) is 35.2. The zero-order valence-corrected chi connectivity index (χ0v) is 36.0. The van der Waals surface area contributed by atoms with Gasteiger partial charge in [0.2, 0.25) is 53.2 Å². The monoisotopic (exact) mass is 918 g/mol. The first kappa shape index (κ1) is 48.8. The Labute approximate surface area is 368 Å². The number of carbonyl (C=O) groups is 9. The molecule has 1 fully saturated rings. The largest absolute Gasteiger partial charge is 0.508 e. The molecule has 14 N–H and O–H groups in total. The minimum absolute atomic E-state index is 0.0800. The summed E-state index contributed by atoms with van der Waals surface area (Å²) in [6.07, 6.45) is -4.42. The van der Waals surface area contributed by atoms with Gasteiger partial charge in [-0.05, 0) is 23.6 Å². The molecule has 0 spiro atoms. The molecular formula is C39H54N10O14S. The smallest absolute Gasteiger partial charge is 0.246 e. The molecule has 1 saturated heterocycles. The zero-order chi connectivity index (χ0) is 47.2. The normalized spacial score (nSPS) is 28.5. The van der Waals surface area contributed by atoms with E-state index in [1.807, 2.05) is 0 Å². The lowest BCUT2D eigenvalue weighted by Gasteiger charge is -2.32. The molecule has 5 rings (SSSR count). The van der Waals surface area contributed by atoms with E-state index >= 15 is 0 Å². The van der Waals surface area contributed by atoms with Gasteiger partial charge in [0.05, 0.1) is 60.4 Å². The molecule has 5 unspecified atom stereocenters. The first-order valence-corrected chi connectivity index (χ1v) is 21.9. The van der Waals surface area contributed by atoms with E-state index in [1.165, 1.54) is 25.1 Å². The minimum atomic E-state index is -2.38. The van der Waals surface area contributed by atoms with Gasteiger partial charge in [0.1, 0.15) is 47.0 Å². The van der Waals surface area contributed by atoms with Gasteiger partial charge in [-0.1, -0.05) is 27.2 Å². The van der Waals surface area contributed by atoms with E-state index in [2.05, 4.69) is 42.2 Å². The maximum atomic E-state index is 14.6. The van der Waals surface area contributed by atoms with Gasteiger partial charge in [0, 0.05) is 36.8 Å². The third-order valence-electron chi connectivity index (χ3n) is 11.5. The highest BCUT2D eigenvalue weighted by atomic mass is 32.2. The highest BCUT2D eigenvalue weighted by Gasteiger charge is 2.45. The molecular weight excluding hydrogens is 865 g/mol. The molecule has 0 aliphatic carbocycles. The van der Waals surface area contributed by atoms with Crippen LogP contribution in [0.1, 0.15) is 45.6 Å². The van der Waals surface area contributed by atoms with Crippen molar-refractivity contribution in [3.63, 3.8) is 0 Å². The van der Waals surface area contributed by atoms with Crippen LogP contribution < -0.4 is 43.0 Å². The topological polar surface area (TPSA) is 381 Å². The first-order chi connectivity index (χ1) is 30.2. The molecule has 2 aromatic rings. The van der Waals surface area contributed by atoms with Gasteiger partial charge >= 0.3 is 0 Å². The number of aromatic amines is 1. The second-order valence-corrected chi connectivity index (χ2v) is 17.6. The molecule has 1 aromatic heterocycles. The van der Waals surface area contributed by atoms with Gasteiger partial charge in [0.25, 0.3) is 0 Å². The number of nitrogens with two attached hydrogens (primary N) is 1. The summed E-state index contributed by atoms with van der Waals surface area (Å²) in [7, 11) is -2.38. The number of primary amides is 1. The summed E-state index contributed by atoms with van der Waals surface area (Å²) in [5.74, 6) is -12.1. The van der Waals surface area contributed by atoms with E-state index in [0.29, 0.717) is 6.42 Å². The van der Waals surface area contributed by atoms with Gasteiger partial charge in [-0.25, -0.2) is 0 Å². The molecule has 3 aliphatic rings. The van der Waals surface area contributed by atoms with E-state index in [0.717, 1.165) is 4.90 Å². The lowest BCUT2D eigenvalue weighted by Crippen LogP contribution is -2.62. The Hall–Kier alpha value is -6.18. The Morgan fingerprint density at radius 3 is 2.20 bits per heavy atom. The molecule has 3 aliphatic heterocycles. The molecule has 25 heteroatoms. The Bertz CT molecular complexity index is 2200. The van der Waals surface area contributed by atoms with Crippen LogP contribution in [-0.4, -0.2) is 168 Å². The molecule has 350 valence electrons. The van der Waals surface area contributed by atoms with Crippen LogP contribution in [0.2, 0.25) is 0 Å². The average molecular weight is 919 g/mol. The number of carbonyl (C=O) groups excluding carboxylic acids is 9. The number of hydrogen-bond acceptors (Lipinski definition) is 14. The van der Waals surface area contributed by atoms with Gasteiger partial charge in [-0.2, -0.15) is 0 Å². The Morgan fingerprint density at radius 1 is 0.875 bits per heavy atom. The van der Waals surface area contributed by atoms with Gasteiger partial charge in [-0.15, -0.1) is 0 Å². The maximum absolute atomic E-state index is 14.6. The predicted octanol–water partition coefficient (Wildman–Crippen LogP) is -5.92. The quantitative estimate of drug-likeness (QED) is 0.123. The summed E-state index contributed by atoms with van der Waals surface area (Å²) in [6, 6.07) is -5.99. The molecule has 11 atom stereocenters. The van der Waals surface area contributed by atoms with Crippen molar-refractivity contribution >= 4 is 74.9 Å². The highest BCUT2D eigenvalue weighted by molar-refractivity contribution is 7.85. The maximum Gasteiger partial charge on any atom is 0.246 e. The average Bonchev–Trinajstić information content (AvgIpc) is 3.82. The number of phenols is 1. The third kappa shape index (κ3) is 11.5. The minimum Gasteiger partial charge on any atom is -0.508 e. The summed E-state index contributed by atoms with van der Waals surface area (Å²) in [5, 5.41) is 58.8. The predicted molar refractivity (Wildman–Crippen MR) is 222 cm³/mol. The molecule has 0 radical (unpaired) electrons. The Balaban J connectivity index is 1.73. The fourth-order valence-corrected chi connectivity index (χ4v) is 9.10. The number of nitrogens with one attached hydrogen (secondary N) is 8. The molecule has 4 heterocycles. The number of benzene rings is 1. The summed E-state index contributed by atoms with van der Waals surface area (Å²) >= 11 is 0. The molecule has 1 aromatic carbocycles. The Kier molecular flexibility index (Phi) is 16.0. The molecule has 0 saturated carbocycles. The number of aliphatic hydroxyl groups excluding tert-OH is 3. The van der Waals surface area contributed by atoms with Crippen molar-refractivity contribution in [1.29, 1.82) is 0 Å². The van der Waals surface area contributed by atoms with Crippen molar-refractivity contribution in [2.75, 3.05) is 32.0 Å². The van der Waals surface area contributed by atoms with Crippen LogP contribution in [0.25, 0.3) is 10.9 Å². The Morgan fingerprint density at radius 2 is 1.55 bits per heavy atom. The van der Waals surface area contributed by atoms with Crippen molar-refractivity contribution in [2.24, 2.45) is 17.6 Å². The molecule has 2 bridgehead atoms. The van der Waals surface area contributed by atoms with Crippen LogP contribution in [0.4, 0.5) is 0 Å². The number of aromatic nitrogens is 1. The SMILES string of the molecule is CCC(C)[C@H]1NC(=O)CNC(=O)[C@H]2Cc3c([nH]c4cc(O)ccc34)S(=O)C[C@@H](NC(=O)CNC1=O)C(=O)N[C@H](CC(N)=O)C(=O)N1CC(O)C[C@@H]1C(=O)N[C@H](C(C)C(O)CO)C(=O)N2. The summed E-state index contributed by atoms with van der Waals surface area (Å²) in [5.41, 5.74) is 5.73. The number of phenolic OH excluding ortho intramolecular Hbond substituents is 1. The van der Waals surface area contributed by atoms with Crippen LogP contribution in [0.15, 0.2) is 23.2 Å². The molecule has 9 amide bonds. The number of amides is 9. The highest BCUT2D eigenvalue weighted by Crippen LogP contribution is 2.30. The fourth-order valence-electron chi connectivity index (χ4n) is 7.70. The van der Waals surface area contributed by atoms with E-state index in [4.69, 9.17) is 5.73 Å². The van der Waals surface area contributed by atoms with Gasteiger partial charge in [0.15, 0.2) is 0 Å². The van der Waals surface area contributed by atoms with E-state index in [9.17, 15) is 67.8 Å². The van der Waals surface area contributed by atoms with E-state index in [-0.39, 0.29) is 27.2 Å². The van der Waals surface area contributed by atoms with Crippen LogP contribution in [-0.2, 0) is 60.4 Å². The van der Waals surface area contributed by atoms with E-state index < -0.39 is 176 Å². The number of aliphatic hydroxyl groups is 3. The number of aromatic hydroxyl groups is 1. The summed E-state index contributed by atoms with van der Waals surface area (Å²) in [4.78, 5) is 127. The lowest BCUT2D eigenvalue weighted by atomic mass is 9.93. The standard InChI is InChI=1S/C39H54N10O14S/c1-4-16(2)31-36(60)42-11-29(55)43-25-15-64(63)38-21(20-6-5-18(51)7-22(20)46-38)9-23(33(57)41-12-30(56)47-31)44-37(61)32(17(3)27(53)14-50)48-35(59)26-8-19(52)13-49(26)39(62)24(10-28(40)54)45-34(25)58/h5-7,16-17,19,23-27,31-32,46,50-53H,4,8-15H2,1-3H3,(H2,40,54)(H,41,57)(H,42,60)(H,43,55)(H,44,61)(H,45,58)(H,47,56)(H,48,59)/t16?,17?,19?,23-,24-,25-,26-,27?,31-,32-,64?/m1/s1. The number of nitrogens with zero attached hydrogens (tertiary/aromatic N) is 1. The van der Waals surface area contributed by atoms with Crippen LogP contribution >= 0.6 is 0 Å². The van der Waals surface area contributed by atoms with Gasteiger partial charge < -0.3 is 73.3 Å². The van der Waals surface area contributed by atoms with Crippen LogP contribution in [0, 0.1) is 11.8 Å². The number of rotatable bonds is 7. The third-order valence-corrected chi connectivity index (χ3v) is 13.0. The number of hydrogen-bond donors (Lipinski definition) is 13. The number of fused-ring (bicyclic) bond motifs is 5. The first-order valence-electron chi connectivity index (χ1n) is 20.6. The van der Waals surface area contributed by atoms with Crippen molar-refractivity contribution in [1.82, 2.24) is 47.1 Å². The summed E-state index contributed by atoms with van der Waals surface area (Å²) < 4.78 is 14.6. The van der Waals surface area contributed by atoms with Crippen molar-refractivity contribution in [3.05, 3.63) is 23.8 Å². The fraction of sp³-hybridized carbons (Fsp3) is 0.564. The van der Waals surface area contributed by atoms with Crippen molar-refractivity contribution < 1.29 is 67.8 Å². The van der Waals surface area contributed by atoms with Gasteiger partial charge in [-0.3, -0.25) is 47.4 Å². The van der Waals surface area contributed by atoms with E-state index in [1.54, 1.807) is 13.8 Å².